The molecule has 4 aromatic rings. The van der Waals surface area contributed by atoms with Crippen molar-refractivity contribution in [1.82, 2.24) is 24.6 Å². The molecule has 1 amide bonds. The van der Waals surface area contributed by atoms with E-state index in [2.05, 4.69) is 25.4 Å². The average Bonchev–Trinajstić information content (AvgIpc) is 3.31. The van der Waals surface area contributed by atoms with E-state index < -0.39 is 12.0 Å². The van der Waals surface area contributed by atoms with Crippen LogP contribution in [-0.4, -0.2) is 36.7 Å². The zero-order valence-corrected chi connectivity index (χ0v) is 18.4. The number of hydrogen-bond acceptors (Lipinski definition) is 7. The lowest BCUT2D eigenvalue weighted by Crippen LogP contribution is -2.14. The van der Waals surface area contributed by atoms with E-state index >= 15 is 0 Å². The van der Waals surface area contributed by atoms with Crippen LogP contribution in [0.1, 0.15) is 29.2 Å². The number of amides is 1. The number of carbonyl (C=O) groups is 1. The van der Waals surface area contributed by atoms with Crippen molar-refractivity contribution in [3.8, 4) is 0 Å². The van der Waals surface area contributed by atoms with Crippen molar-refractivity contribution in [1.29, 1.82) is 0 Å². The normalized spacial score (nSPS) is 12.1. The minimum Gasteiger partial charge on any atom is -0.326 e. The summed E-state index contributed by atoms with van der Waals surface area (Å²) < 4.78 is 41.8. The van der Waals surface area contributed by atoms with E-state index in [-0.39, 0.29) is 18.1 Å². The SMILES string of the molecule is CSc1nc2ccc(NC(=O)CCc3c(C)nc4nc(C(F)(F)F)nn4c3C)cc2s1. The molecule has 1 N–H and O–H groups in total. The van der Waals surface area contributed by atoms with Crippen LogP contribution < -0.4 is 5.32 Å². The van der Waals surface area contributed by atoms with Gasteiger partial charge in [-0.15, -0.1) is 16.4 Å². The van der Waals surface area contributed by atoms with Gasteiger partial charge in [-0.2, -0.15) is 18.2 Å². The number of carbonyl (C=O) groups excluding carboxylic acids is 1. The second-order valence-corrected chi connectivity index (χ2v) is 8.90. The molecule has 162 valence electrons. The van der Waals surface area contributed by atoms with Gasteiger partial charge in [0.05, 0.1) is 10.2 Å². The van der Waals surface area contributed by atoms with Crippen molar-refractivity contribution in [2.75, 3.05) is 11.6 Å². The Hall–Kier alpha value is -2.73. The first kappa shape index (κ1) is 21.5. The van der Waals surface area contributed by atoms with E-state index in [1.807, 2.05) is 18.4 Å². The summed E-state index contributed by atoms with van der Waals surface area (Å²) in [5, 5.41) is 6.39. The summed E-state index contributed by atoms with van der Waals surface area (Å²) in [6.45, 7) is 3.33. The summed E-state index contributed by atoms with van der Waals surface area (Å²) in [6.07, 6.45) is -2.23. The summed E-state index contributed by atoms with van der Waals surface area (Å²) in [5.74, 6) is -1.55. The van der Waals surface area contributed by atoms with Gasteiger partial charge in [0.2, 0.25) is 5.91 Å². The number of nitrogens with zero attached hydrogens (tertiary/aromatic N) is 5. The Kier molecular flexibility index (Phi) is 5.60. The highest BCUT2D eigenvalue weighted by atomic mass is 32.2. The molecular weight excluding hydrogens is 449 g/mol. The summed E-state index contributed by atoms with van der Waals surface area (Å²) in [4.78, 5) is 24.5. The highest BCUT2D eigenvalue weighted by Gasteiger charge is 2.37. The number of aryl methyl sites for hydroxylation is 2. The van der Waals surface area contributed by atoms with Gasteiger partial charge < -0.3 is 5.32 Å². The van der Waals surface area contributed by atoms with Crippen LogP contribution in [0, 0.1) is 13.8 Å². The first-order chi connectivity index (χ1) is 14.7. The number of benzene rings is 1. The minimum atomic E-state index is -4.65. The monoisotopic (exact) mass is 466 g/mol. The number of alkyl halides is 3. The van der Waals surface area contributed by atoms with E-state index in [4.69, 9.17) is 0 Å². The molecule has 0 fully saturated rings. The summed E-state index contributed by atoms with van der Waals surface area (Å²) in [5.41, 5.74) is 3.22. The molecule has 1 aromatic carbocycles. The van der Waals surface area contributed by atoms with Crippen LogP contribution in [0.3, 0.4) is 0 Å². The van der Waals surface area contributed by atoms with Crippen LogP contribution >= 0.6 is 23.1 Å². The fourth-order valence-corrected chi connectivity index (χ4v) is 4.75. The van der Waals surface area contributed by atoms with Gasteiger partial charge in [0.1, 0.15) is 0 Å². The number of hydrogen-bond donors (Lipinski definition) is 1. The van der Waals surface area contributed by atoms with Gasteiger partial charge in [0, 0.05) is 23.5 Å². The standard InChI is InChI=1S/C19H17F3N6OS2/c1-9-12(10(2)28-17(23-9)26-16(27-28)19(20,21)22)5-7-15(29)24-11-4-6-13-14(8-11)31-18(25-13)30-3/h4,6,8H,5,7H2,1-3H3,(H,24,29). The number of thiazole rings is 1. The van der Waals surface area contributed by atoms with Gasteiger partial charge in [-0.05, 0) is 50.3 Å². The molecule has 0 aliphatic heterocycles. The first-order valence-corrected chi connectivity index (χ1v) is 11.2. The smallest absolute Gasteiger partial charge is 0.326 e. The van der Waals surface area contributed by atoms with Crippen molar-refractivity contribution in [3.63, 3.8) is 0 Å². The Morgan fingerprint density at radius 3 is 2.71 bits per heavy atom. The highest BCUT2D eigenvalue weighted by molar-refractivity contribution is 8.00. The zero-order valence-electron chi connectivity index (χ0n) is 16.7. The lowest BCUT2D eigenvalue weighted by Gasteiger charge is -2.10. The molecule has 0 saturated carbocycles. The van der Waals surface area contributed by atoms with Gasteiger partial charge in [0.15, 0.2) is 4.34 Å². The van der Waals surface area contributed by atoms with E-state index in [9.17, 15) is 18.0 Å². The maximum absolute atomic E-state index is 12.9. The third kappa shape index (κ3) is 4.35. The van der Waals surface area contributed by atoms with Crippen LogP contribution in [0.25, 0.3) is 16.0 Å². The molecule has 0 bridgehead atoms. The van der Waals surface area contributed by atoms with Crippen molar-refractivity contribution in [3.05, 3.63) is 41.0 Å². The predicted octanol–water partition coefficient (Wildman–Crippen LogP) is 4.66. The van der Waals surface area contributed by atoms with Gasteiger partial charge in [0.25, 0.3) is 11.6 Å². The molecule has 0 unspecified atom stereocenters. The molecule has 4 rings (SSSR count). The third-order valence-electron chi connectivity index (χ3n) is 4.73. The predicted molar refractivity (Wildman–Crippen MR) is 114 cm³/mol. The van der Waals surface area contributed by atoms with E-state index in [1.165, 1.54) is 0 Å². The highest BCUT2D eigenvalue weighted by Crippen LogP contribution is 2.30. The topological polar surface area (TPSA) is 85.1 Å². The molecule has 0 atom stereocenters. The maximum Gasteiger partial charge on any atom is 0.453 e. The molecular formula is C19H17F3N6OS2. The second kappa shape index (κ2) is 8.08. The molecule has 0 aliphatic rings. The Morgan fingerprint density at radius 1 is 1.23 bits per heavy atom. The fraction of sp³-hybridized carbons (Fsp3) is 0.316. The zero-order chi connectivity index (χ0) is 22.3. The van der Waals surface area contributed by atoms with Crippen LogP contribution in [0.4, 0.5) is 18.9 Å². The number of fused-ring (bicyclic) bond motifs is 2. The lowest BCUT2D eigenvalue weighted by atomic mass is 10.1. The molecule has 7 nitrogen and oxygen atoms in total. The van der Waals surface area contributed by atoms with Crippen LogP contribution in [0.2, 0.25) is 0 Å². The number of thioether (sulfide) groups is 1. The number of nitrogens with one attached hydrogen (secondary N) is 1. The number of anilines is 1. The van der Waals surface area contributed by atoms with Crippen LogP contribution in [0.5, 0.6) is 0 Å². The summed E-state index contributed by atoms with van der Waals surface area (Å²) in [7, 11) is 0. The van der Waals surface area contributed by atoms with E-state index in [0.29, 0.717) is 29.1 Å². The molecule has 3 heterocycles. The largest absolute Gasteiger partial charge is 0.453 e. The first-order valence-electron chi connectivity index (χ1n) is 9.20. The number of halogens is 3. The van der Waals surface area contributed by atoms with Gasteiger partial charge >= 0.3 is 6.18 Å². The molecule has 0 radical (unpaired) electrons. The Bertz CT molecular complexity index is 1300. The maximum atomic E-state index is 12.9. The fourth-order valence-electron chi connectivity index (χ4n) is 3.22. The summed E-state index contributed by atoms with van der Waals surface area (Å²) >= 11 is 3.12. The lowest BCUT2D eigenvalue weighted by molar-refractivity contribution is -0.144. The van der Waals surface area contributed by atoms with E-state index in [0.717, 1.165) is 19.1 Å². The van der Waals surface area contributed by atoms with Crippen molar-refractivity contribution in [2.45, 2.75) is 37.2 Å². The van der Waals surface area contributed by atoms with Crippen molar-refractivity contribution in [2.24, 2.45) is 0 Å². The third-order valence-corrected chi connectivity index (χ3v) is 6.74. The van der Waals surface area contributed by atoms with Crippen molar-refractivity contribution < 1.29 is 18.0 Å². The molecule has 0 aliphatic carbocycles. The quantitative estimate of drug-likeness (QED) is 0.431. The summed E-state index contributed by atoms with van der Waals surface area (Å²) in [6, 6.07) is 5.53. The Morgan fingerprint density at radius 2 is 2.00 bits per heavy atom. The molecule has 0 spiro atoms. The van der Waals surface area contributed by atoms with Gasteiger partial charge in [-0.3, -0.25) is 4.79 Å². The average molecular weight is 467 g/mol. The number of aromatic nitrogens is 5. The van der Waals surface area contributed by atoms with E-state index in [1.54, 1.807) is 43.0 Å². The van der Waals surface area contributed by atoms with Gasteiger partial charge in [-0.1, -0.05) is 11.8 Å². The van der Waals surface area contributed by atoms with Gasteiger partial charge in [-0.25, -0.2) is 14.5 Å². The number of rotatable bonds is 5. The van der Waals surface area contributed by atoms with Crippen LogP contribution in [0.15, 0.2) is 22.5 Å². The molecule has 31 heavy (non-hydrogen) atoms. The molecule has 3 aromatic heterocycles. The Balaban J connectivity index is 1.50. The molecule has 12 heteroatoms. The van der Waals surface area contributed by atoms with Crippen LogP contribution in [-0.2, 0) is 17.4 Å². The van der Waals surface area contributed by atoms with Crippen molar-refractivity contribution >= 4 is 50.7 Å². The minimum absolute atomic E-state index is 0.113. The Labute approximate surface area is 183 Å². The molecule has 0 saturated heterocycles. The second-order valence-electron chi connectivity index (χ2n) is 6.82.